The molecular weight excluding hydrogens is 290 g/mol. The fourth-order valence-electron chi connectivity index (χ4n) is 2.70. The SMILES string of the molecule is Cc1cc(C(=O)N(C)C(C)c2ccon2)c2cccc(C)c2n1. The highest BCUT2D eigenvalue weighted by Crippen LogP contribution is 2.25. The van der Waals surface area contributed by atoms with Crippen LogP contribution in [0.4, 0.5) is 0 Å². The highest BCUT2D eigenvalue weighted by Gasteiger charge is 2.23. The molecule has 0 saturated carbocycles. The molecule has 118 valence electrons. The molecule has 0 saturated heterocycles. The number of carbonyl (C=O) groups is 1. The van der Waals surface area contributed by atoms with Gasteiger partial charge in [-0.15, -0.1) is 0 Å². The summed E-state index contributed by atoms with van der Waals surface area (Å²) < 4.78 is 4.88. The van der Waals surface area contributed by atoms with Gasteiger partial charge in [0.15, 0.2) is 0 Å². The third-order valence-electron chi connectivity index (χ3n) is 4.19. The Morgan fingerprint density at radius 1 is 1.26 bits per heavy atom. The summed E-state index contributed by atoms with van der Waals surface area (Å²) in [5, 5.41) is 4.80. The highest BCUT2D eigenvalue weighted by atomic mass is 16.5. The van der Waals surface area contributed by atoms with Crippen molar-refractivity contribution in [2.75, 3.05) is 7.05 Å². The maximum Gasteiger partial charge on any atom is 0.254 e. The summed E-state index contributed by atoms with van der Waals surface area (Å²) in [6.45, 7) is 5.84. The van der Waals surface area contributed by atoms with Crippen molar-refractivity contribution in [2.45, 2.75) is 26.8 Å². The van der Waals surface area contributed by atoms with E-state index in [1.807, 2.05) is 45.0 Å². The Morgan fingerprint density at radius 3 is 2.74 bits per heavy atom. The maximum absolute atomic E-state index is 13.0. The lowest BCUT2D eigenvalue weighted by atomic mass is 10.0. The van der Waals surface area contributed by atoms with E-state index in [1.165, 1.54) is 6.26 Å². The standard InChI is InChI=1S/C18H19N3O2/c1-11-6-5-7-14-15(10-12(2)19-17(11)14)18(22)21(4)13(3)16-8-9-23-20-16/h5-10,13H,1-4H3. The Hall–Kier alpha value is -2.69. The van der Waals surface area contributed by atoms with E-state index < -0.39 is 0 Å². The van der Waals surface area contributed by atoms with Gasteiger partial charge >= 0.3 is 0 Å². The van der Waals surface area contributed by atoms with E-state index in [0.29, 0.717) is 5.56 Å². The third-order valence-corrected chi connectivity index (χ3v) is 4.19. The summed E-state index contributed by atoms with van der Waals surface area (Å²) in [6, 6.07) is 9.34. The number of aromatic nitrogens is 2. The first kappa shape index (κ1) is 15.2. The zero-order chi connectivity index (χ0) is 16.6. The van der Waals surface area contributed by atoms with Gasteiger partial charge in [-0.25, -0.2) is 0 Å². The number of para-hydroxylation sites is 1. The van der Waals surface area contributed by atoms with E-state index in [-0.39, 0.29) is 11.9 Å². The van der Waals surface area contributed by atoms with Crippen LogP contribution in [0.25, 0.3) is 10.9 Å². The molecule has 5 nitrogen and oxygen atoms in total. The summed E-state index contributed by atoms with van der Waals surface area (Å²) in [7, 11) is 1.78. The first-order valence-electron chi connectivity index (χ1n) is 7.53. The van der Waals surface area contributed by atoms with E-state index >= 15 is 0 Å². The zero-order valence-corrected chi connectivity index (χ0v) is 13.7. The molecule has 3 aromatic rings. The molecule has 23 heavy (non-hydrogen) atoms. The fourth-order valence-corrected chi connectivity index (χ4v) is 2.70. The monoisotopic (exact) mass is 309 g/mol. The summed E-state index contributed by atoms with van der Waals surface area (Å²) in [5.74, 6) is -0.0541. The molecular formula is C18H19N3O2. The second kappa shape index (κ2) is 5.83. The number of rotatable bonds is 3. The number of aryl methyl sites for hydroxylation is 2. The molecule has 0 spiro atoms. The van der Waals surface area contributed by atoms with Crippen molar-refractivity contribution in [1.82, 2.24) is 15.0 Å². The first-order chi connectivity index (χ1) is 11.0. The molecule has 1 atom stereocenters. The van der Waals surface area contributed by atoms with Crippen LogP contribution in [0.2, 0.25) is 0 Å². The fraction of sp³-hybridized carbons (Fsp3) is 0.278. The van der Waals surface area contributed by atoms with Crippen molar-refractivity contribution < 1.29 is 9.32 Å². The number of hydrogen-bond donors (Lipinski definition) is 0. The molecule has 0 aliphatic heterocycles. The maximum atomic E-state index is 13.0. The molecule has 0 aliphatic rings. The van der Waals surface area contributed by atoms with E-state index in [9.17, 15) is 4.79 Å². The molecule has 1 amide bonds. The molecule has 0 aliphatic carbocycles. The van der Waals surface area contributed by atoms with Gasteiger partial charge < -0.3 is 9.42 Å². The number of nitrogens with zero attached hydrogens (tertiary/aromatic N) is 3. The second-order valence-corrected chi connectivity index (χ2v) is 5.80. The number of fused-ring (bicyclic) bond motifs is 1. The smallest absolute Gasteiger partial charge is 0.254 e. The van der Waals surface area contributed by atoms with Gasteiger partial charge in [0, 0.05) is 24.2 Å². The van der Waals surface area contributed by atoms with Gasteiger partial charge in [0.25, 0.3) is 5.91 Å². The Balaban J connectivity index is 2.06. The van der Waals surface area contributed by atoms with Crippen molar-refractivity contribution in [2.24, 2.45) is 0 Å². The van der Waals surface area contributed by atoms with Gasteiger partial charge in [-0.3, -0.25) is 9.78 Å². The minimum absolute atomic E-state index is 0.0541. The predicted octanol–water partition coefficient (Wildman–Crippen LogP) is 3.67. The van der Waals surface area contributed by atoms with Crippen LogP contribution in [0.15, 0.2) is 41.1 Å². The third kappa shape index (κ3) is 2.70. The molecule has 0 N–H and O–H groups in total. The number of carbonyl (C=O) groups excluding carboxylic acids is 1. The minimum Gasteiger partial charge on any atom is -0.364 e. The summed E-state index contributed by atoms with van der Waals surface area (Å²) in [6.07, 6.45) is 1.51. The molecule has 2 heterocycles. The molecule has 2 aromatic heterocycles. The molecule has 1 unspecified atom stereocenters. The van der Waals surface area contributed by atoms with Crippen LogP contribution in [0.1, 0.15) is 40.3 Å². The average molecular weight is 309 g/mol. The van der Waals surface area contributed by atoms with Crippen molar-refractivity contribution in [3.63, 3.8) is 0 Å². The first-order valence-corrected chi connectivity index (χ1v) is 7.53. The molecule has 1 aromatic carbocycles. The van der Waals surface area contributed by atoms with E-state index in [1.54, 1.807) is 18.0 Å². The van der Waals surface area contributed by atoms with Crippen molar-refractivity contribution in [3.8, 4) is 0 Å². The quantitative estimate of drug-likeness (QED) is 0.740. The van der Waals surface area contributed by atoms with Crippen LogP contribution >= 0.6 is 0 Å². The topological polar surface area (TPSA) is 59.2 Å². The van der Waals surface area contributed by atoms with Gasteiger partial charge in [-0.05, 0) is 32.4 Å². The minimum atomic E-state index is -0.172. The van der Waals surface area contributed by atoms with E-state index in [0.717, 1.165) is 27.9 Å². The van der Waals surface area contributed by atoms with Gasteiger partial charge in [-0.1, -0.05) is 23.4 Å². The van der Waals surface area contributed by atoms with Gasteiger partial charge in [0.2, 0.25) is 0 Å². The number of benzene rings is 1. The van der Waals surface area contributed by atoms with E-state index in [4.69, 9.17) is 4.52 Å². The largest absolute Gasteiger partial charge is 0.364 e. The lowest BCUT2D eigenvalue weighted by molar-refractivity contribution is 0.0739. The van der Waals surface area contributed by atoms with Gasteiger partial charge in [0.1, 0.15) is 12.0 Å². The predicted molar refractivity (Wildman–Crippen MR) is 88.2 cm³/mol. The van der Waals surface area contributed by atoms with Crippen LogP contribution in [-0.4, -0.2) is 28.0 Å². The Labute approximate surface area is 134 Å². The molecule has 5 heteroatoms. The van der Waals surface area contributed by atoms with Crippen molar-refractivity contribution >= 4 is 16.8 Å². The molecule has 3 rings (SSSR count). The zero-order valence-electron chi connectivity index (χ0n) is 13.7. The van der Waals surface area contributed by atoms with Crippen molar-refractivity contribution in [1.29, 1.82) is 0 Å². The number of amides is 1. The Bertz CT molecular complexity index is 856. The Kier molecular flexibility index (Phi) is 3.86. The van der Waals surface area contributed by atoms with Crippen LogP contribution < -0.4 is 0 Å². The summed E-state index contributed by atoms with van der Waals surface area (Å²) >= 11 is 0. The number of hydrogen-bond acceptors (Lipinski definition) is 4. The van der Waals surface area contributed by atoms with Gasteiger partial charge in [0.05, 0.1) is 17.1 Å². The van der Waals surface area contributed by atoms with Crippen LogP contribution in [0.3, 0.4) is 0 Å². The van der Waals surface area contributed by atoms with Gasteiger partial charge in [-0.2, -0.15) is 0 Å². The molecule has 0 radical (unpaired) electrons. The lowest BCUT2D eigenvalue weighted by Crippen LogP contribution is -2.30. The van der Waals surface area contributed by atoms with E-state index in [2.05, 4.69) is 10.1 Å². The van der Waals surface area contributed by atoms with Crippen LogP contribution in [-0.2, 0) is 0 Å². The average Bonchev–Trinajstić information content (AvgIpc) is 3.07. The number of pyridine rings is 1. The second-order valence-electron chi connectivity index (χ2n) is 5.80. The Morgan fingerprint density at radius 2 is 2.04 bits per heavy atom. The molecule has 0 fully saturated rings. The van der Waals surface area contributed by atoms with Crippen LogP contribution in [0.5, 0.6) is 0 Å². The van der Waals surface area contributed by atoms with Crippen LogP contribution in [0, 0.1) is 13.8 Å². The normalized spacial score (nSPS) is 12.3. The molecule has 0 bridgehead atoms. The lowest BCUT2D eigenvalue weighted by Gasteiger charge is -2.24. The summed E-state index contributed by atoms with van der Waals surface area (Å²) in [4.78, 5) is 19.2. The highest BCUT2D eigenvalue weighted by molar-refractivity contribution is 6.06. The summed E-state index contributed by atoms with van der Waals surface area (Å²) in [5.41, 5.74) is 4.16. The van der Waals surface area contributed by atoms with Crippen molar-refractivity contribution in [3.05, 3.63) is 59.1 Å².